The molecule has 2 aromatic rings. The van der Waals surface area contributed by atoms with Gasteiger partial charge in [0.05, 0.1) is 6.04 Å². The molecule has 4 amide bonds. The Balaban J connectivity index is 1.36. The fraction of sp³-hybridized carbons (Fsp3) is 0.435. The van der Waals surface area contributed by atoms with Crippen molar-refractivity contribution in [3.8, 4) is 0 Å². The molecule has 156 valence electrons. The van der Waals surface area contributed by atoms with Crippen molar-refractivity contribution in [2.24, 2.45) is 0 Å². The van der Waals surface area contributed by atoms with Gasteiger partial charge < -0.3 is 10.2 Å². The number of likely N-dealkylation sites (N-methyl/N-ethyl adjacent to an activating group) is 1. The number of fused-ring (bicyclic) bond motifs is 3. The number of urea groups is 1. The highest BCUT2D eigenvalue weighted by Gasteiger charge is 2.54. The van der Waals surface area contributed by atoms with Crippen molar-refractivity contribution < 1.29 is 14.4 Å². The summed E-state index contributed by atoms with van der Waals surface area (Å²) in [6, 6.07) is 9.67. The van der Waals surface area contributed by atoms with E-state index in [9.17, 15) is 14.4 Å². The summed E-state index contributed by atoms with van der Waals surface area (Å²) in [5.41, 5.74) is 2.35. The highest BCUT2D eigenvalue weighted by atomic mass is 32.1. The summed E-state index contributed by atoms with van der Waals surface area (Å²) in [6.07, 6.45) is 5.29. The van der Waals surface area contributed by atoms with Crippen LogP contribution in [0.3, 0.4) is 0 Å². The zero-order valence-electron chi connectivity index (χ0n) is 17.0. The number of amides is 4. The molecular formula is C23H25N3O3S. The van der Waals surface area contributed by atoms with E-state index in [2.05, 4.69) is 17.4 Å². The van der Waals surface area contributed by atoms with Gasteiger partial charge >= 0.3 is 6.03 Å². The Bertz CT molecular complexity index is 1030. The second-order valence-electron chi connectivity index (χ2n) is 8.45. The molecule has 1 aromatic carbocycles. The van der Waals surface area contributed by atoms with Gasteiger partial charge in [-0.1, -0.05) is 24.3 Å². The summed E-state index contributed by atoms with van der Waals surface area (Å²) in [7, 11) is 1.78. The molecule has 2 atom stereocenters. The summed E-state index contributed by atoms with van der Waals surface area (Å²) < 4.78 is 0. The molecule has 1 spiro atoms. The van der Waals surface area contributed by atoms with E-state index in [-0.39, 0.29) is 24.4 Å². The van der Waals surface area contributed by atoms with E-state index in [1.54, 1.807) is 23.3 Å². The fourth-order valence-electron chi connectivity index (χ4n) is 5.24. The van der Waals surface area contributed by atoms with Crippen LogP contribution in [0.5, 0.6) is 0 Å². The minimum atomic E-state index is -0.999. The van der Waals surface area contributed by atoms with Crippen LogP contribution in [0.15, 0.2) is 35.7 Å². The summed E-state index contributed by atoms with van der Waals surface area (Å²) in [4.78, 5) is 43.2. The predicted octanol–water partition coefficient (Wildman–Crippen LogP) is 3.37. The van der Waals surface area contributed by atoms with Crippen LogP contribution in [0.4, 0.5) is 4.79 Å². The van der Waals surface area contributed by atoms with Crippen molar-refractivity contribution in [1.82, 2.24) is 15.1 Å². The van der Waals surface area contributed by atoms with E-state index in [1.807, 2.05) is 23.6 Å². The SMILES string of the molecule is CN(C(=O)CN1C(=O)N[C@@]2(CCCc3sccc32)C1=O)[C@@H]1CCCc2ccccc21. The highest BCUT2D eigenvalue weighted by Crippen LogP contribution is 2.42. The minimum Gasteiger partial charge on any atom is -0.337 e. The molecule has 0 unspecified atom stereocenters. The zero-order chi connectivity index (χ0) is 20.9. The molecule has 2 aliphatic carbocycles. The Morgan fingerprint density at radius 1 is 1.23 bits per heavy atom. The van der Waals surface area contributed by atoms with Gasteiger partial charge in [0.2, 0.25) is 5.91 Å². The first-order valence-corrected chi connectivity index (χ1v) is 11.4. The van der Waals surface area contributed by atoms with Crippen molar-refractivity contribution in [2.75, 3.05) is 13.6 Å². The Labute approximate surface area is 179 Å². The van der Waals surface area contributed by atoms with Gasteiger partial charge in [-0.2, -0.15) is 0 Å². The monoisotopic (exact) mass is 423 g/mol. The van der Waals surface area contributed by atoms with E-state index in [1.165, 1.54) is 11.1 Å². The van der Waals surface area contributed by atoms with Crippen LogP contribution in [0.1, 0.15) is 53.3 Å². The Morgan fingerprint density at radius 2 is 2.07 bits per heavy atom. The number of carbonyl (C=O) groups excluding carboxylic acids is 3. The molecule has 30 heavy (non-hydrogen) atoms. The van der Waals surface area contributed by atoms with Gasteiger partial charge in [0.15, 0.2) is 0 Å². The number of rotatable bonds is 3. The maximum absolute atomic E-state index is 13.4. The second kappa shape index (κ2) is 7.23. The van der Waals surface area contributed by atoms with Crippen LogP contribution in [-0.4, -0.2) is 41.2 Å². The van der Waals surface area contributed by atoms with Gasteiger partial charge in [0, 0.05) is 17.5 Å². The molecule has 1 aliphatic heterocycles. The minimum absolute atomic E-state index is 0.0182. The molecule has 0 bridgehead atoms. The van der Waals surface area contributed by atoms with Crippen molar-refractivity contribution in [3.63, 3.8) is 0 Å². The molecule has 6 nitrogen and oxygen atoms in total. The Kier molecular flexibility index (Phi) is 4.65. The number of nitrogens with one attached hydrogen (secondary N) is 1. The maximum atomic E-state index is 13.4. The molecule has 2 heterocycles. The van der Waals surface area contributed by atoms with Gasteiger partial charge in [-0.3, -0.25) is 14.5 Å². The summed E-state index contributed by atoms with van der Waals surface area (Å²) in [5, 5.41) is 4.90. The zero-order valence-corrected chi connectivity index (χ0v) is 17.8. The third-order valence-electron chi connectivity index (χ3n) is 6.83. The third-order valence-corrected chi connectivity index (χ3v) is 7.81. The summed E-state index contributed by atoms with van der Waals surface area (Å²) in [6.45, 7) is -0.221. The molecule has 5 rings (SSSR count). The number of hydrogen-bond acceptors (Lipinski definition) is 4. The first-order valence-electron chi connectivity index (χ1n) is 10.6. The molecule has 3 aliphatic rings. The quantitative estimate of drug-likeness (QED) is 0.770. The predicted molar refractivity (Wildman–Crippen MR) is 114 cm³/mol. The number of carbonyl (C=O) groups is 3. The molecule has 7 heteroatoms. The van der Waals surface area contributed by atoms with Crippen LogP contribution in [-0.2, 0) is 28.0 Å². The molecule has 1 saturated heterocycles. The molecule has 1 N–H and O–H groups in total. The van der Waals surface area contributed by atoms with Crippen molar-refractivity contribution in [3.05, 3.63) is 57.3 Å². The number of aryl methyl sites for hydroxylation is 2. The second-order valence-corrected chi connectivity index (χ2v) is 9.45. The van der Waals surface area contributed by atoms with Crippen molar-refractivity contribution in [2.45, 2.75) is 50.1 Å². The number of nitrogens with zero attached hydrogens (tertiary/aromatic N) is 2. The number of benzene rings is 1. The van der Waals surface area contributed by atoms with Gasteiger partial charge in [-0.05, 0) is 61.1 Å². The smallest absolute Gasteiger partial charge is 0.325 e. The third kappa shape index (κ3) is 2.87. The summed E-state index contributed by atoms with van der Waals surface area (Å²) in [5.74, 6) is -0.503. The van der Waals surface area contributed by atoms with Gasteiger partial charge in [-0.15, -0.1) is 11.3 Å². The van der Waals surface area contributed by atoms with Crippen LogP contribution < -0.4 is 5.32 Å². The normalized spacial score (nSPS) is 25.1. The first kappa shape index (κ1) is 19.3. The first-order chi connectivity index (χ1) is 14.5. The maximum Gasteiger partial charge on any atom is 0.325 e. The van der Waals surface area contributed by atoms with E-state index in [0.29, 0.717) is 6.42 Å². The molecule has 0 radical (unpaired) electrons. The molecule has 0 saturated carbocycles. The van der Waals surface area contributed by atoms with Crippen LogP contribution in [0.25, 0.3) is 0 Å². The van der Waals surface area contributed by atoms with E-state index < -0.39 is 11.6 Å². The van der Waals surface area contributed by atoms with E-state index in [4.69, 9.17) is 0 Å². The van der Waals surface area contributed by atoms with E-state index >= 15 is 0 Å². The molecule has 1 fully saturated rings. The van der Waals surface area contributed by atoms with Crippen molar-refractivity contribution >= 4 is 29.2 Å². The average Bonchev–Trinajstić information content (AvgIpc) is 3.33. The van der Waals surface area contributed by atoms with Gasteiger partial charge in [-0.25, -0.2) is 4.79 Å². The topological polar surface area (TPSA) is 69.7 Å². The lowest BCUT2D eigenvalue weighted by atomic mass is 9.80. The fourth-order valence-corrected chi connectivity index (χ4v) is 6.24. The lowest BCUT2D eigenvalue weighted by Crippen LogP contribution is -2.47. The van der Waals surface area contributed by atoms with Crippen molar-refractivity contribution in [1.29, 1.82) is 0 Å². The molecular weight excluding hydrogens is 398 g/mol. The van der Waals surface area contributed by atoms with Crippen LogP contribution >= 0.6 is 11.3 Å². The van der Waals surface area contributed by atoms with Crippen LogP contribution in [0, 0.1) is 0 Å². The van der Waals surface area contributed by atoms with Gasteiger partial charge in [0.1, 0.15) is 12.1 Å². The number of hydrogen-bond donors (Lipinski definition) is 1. The number of imide groups is 1. The average molecular weight is 424 g/mol. The largest absolute Gasteiger partial charge is 0.337 e. The Hall–Kier alpha value is -2.67. The number of thiophene rings is 1. The van der Waals surface area contributed by atoms with Crippen LogP contribution in [0.2, 0.25) is 0 Å². The van der Waals surface area contributed by atoms with E-state index in [0.717, 1.165) is 47.4 Å². The molecule has 1 aromatic heterocycles. The standard InChI is InChI=1S/C23H25N3O3S/c1-25(18-9-4-7-15-6-2-3-8-16(15)18)20(27)14-26-21(28)23(24-22(26)29)12-5-10-19-17(23)11-13-30-19/h2-3,6,8,11,13,18H,4-5,7,9-10,12,14H2,1H3,(H,24,29)/t18-,23-/m1/s1. The highest BCUT2D eigenvalue weighted by molar-refractivity contribution is 7.10. The lowest BCUT2D eigenvalue weighted by molar-refractivity contribution is -0.140. The summed E-state index contributed by atoms with van der Waals surface area (Å²) >= 11 is 1.62. The lowest BCUT2D eigenvalue weighted by Gasteiger charge is -2.34. The Morgan fingerprint density at radius 3 is 2.93 bits per heavy atom. The van der Waals surface area contributed by atoms with Gasteiger partial charge in [0.25, 0.3) is 5.91 Å².